The predicted octanol–water partition coefficient (Wildman–Crippen LogP) is 3.58. The van der Waals surface area contributed by atoms with Gasteiger partial charge in [0.05, 0.1) is 6.61 Å². The summed E-state index contributed by atoms with van der Waals surface area (Å²) in [7, 11) is 0. The number of hydrogen-bond acceptors (Lipinski definition) is 5. The van der Waals surface area contributed by atoms with Crippen molar-refractivity contribution in [1.82, 2.24) is 4.98 Å². The molecule has 1 heterocycles. The lowest BCUT2D eigenvalue weighted by Gasteiger charge is -2.10. The highest BCUT2D eigenvalue weighted by atomic mass is 16.5. The molecule has 1 aromatic heterocycles. The molecule has 2 aromatic carbocycles. The average molecular weight is 332 g/mol. The number of nitrogens with zero attached hydrogens (tertiary/aromatic N) is 2. The van der Waals surface area contributed by atoms with Crippen molar-refractivity contribution in [3.63, 3.8) is 0 Å². The first kappa shape index (κ1) is 16.5. The van der Waals surface area contributed by atoms with Crippen LogP contribution in [0.5, 0.6) is 5.75 Å². The first-order chi connectivity index (χ1) is 12.1. The Hall–Kier alpha value is -3.39. The molecule has 0 atom stereocenters. The molecule has 5 nitrogen and oxygen atoms in total. The molecule has 0 aliphatic rings. The van der Waals surface area contributed by atoms with Gasteiger partial charge in [0, 0.05) is 10.8 Å². The summed E-state index contributed by atoms with van der Waals surface area (Å²) in [5, 5.41) is 20.7. The Bertz CT molecular complexity index is 976. The molecule has 0 aliphatic heterocycles. The van der Waals surface area contributed by atoms with E-state index in [2.05, 4.69) is 4.98 Å². The summed E-state index contributed by atoms with van der Waals surface area (Å²) in [6.45, 7) is 1.83. The minimum Gasteiger partial charge on any atom is -0.505 e. The molecule has 0 unspecified atom stereocenters. The predicted molar refractivity (Wildman–Crippen MR) is 93.3 cm³/mol. The lowest BCUT2D eigenvalue weighted by Crippen LogP contribution is -2.09. The number of hydrogen-bond donors (Lipinski definition) is 1. The third kappa shape index (κ3) is 3.29. The molecule has 0 bridgehead atoms. The number of carbonyl (C=O) groups excluding carboxylic acids is 1. The van der Waals surface area contributed by atoms with Crippen LogP contribution in [0.4, 0.5) is 0 Å². The van der Waals surface area contributed by atoms with Crippen LogP contribution in [-0.2, 0) is 11.2 Å². The molecular weight excluding hydrogens is 316 g/mol. The number of pyridine rings is 1. The fourth-order valence-electron chi connectivity index (χ4n) is 2.71. The molecule has 0 aliphatic carbocycles. The van der Waals surface area contributed by atoms with Crippen molar-refractivity contribution < 1.29 is 14.6 Å². The van der Waals surface area contributed by atoms with Crippen LogP contribution in [0.15, 0.2) is 48.5 Å². The lowest BCUT2D eigenvalue weighted by atomic mass is 9.99. The fraction of sp³-hybridized carbons (Fsp3) is 0.150. The Balaban J connectivity index is 2.09. The van der Waals surface area contributed by atoms with Gasteiger partial charge < -0.3 is 9.84 Å². The van der Waals surface area contributed by atoms with Gasteiger partial charge in [-0.1, -0.05) is 42.5 Å². The number of aromatic nitrogens is 1. The highest BCUT2D eigenvalue weighted by Crippen LogP contribution is 2.31. The van der Waals surface area contributed by atoms with Gasteiger partial charge in [0.2, 0.25) is 0 Å². The van der Waals surface area contributed by atoms with E-state index in [1.165, 1.54) is 0 Å². The zero-order valence-corrected chi connectivity index (χ0v) is 13.7. The van der Waals surface area contributed by atoms with Crippen LogP contribution in [0.25, 0.3) is 10.8 Å². The number of fused-ring (bicyclic) bond motifs is 1. The van der Waals surface area contributed by atoms with Crippen LogP contribution >= 0.6 is 0 Å². The van der Waals surface area contributed by atoms with Gasteiger partial charge in [-0.25, -0.2) is 9.78 Å². The highest BCUT2D eigenvalue weighted by Gasteiger charge is 2.20. The van der Waals surface area contributed by atoms with Gasteiger partial charge in [0.25, 0.3) is 0 Å². The number of nitriles is 1. The summed E-state index contributed by atoms with van der Waals surface area (Å²) in [5.74, 6) is -1.01. The molecule has 3 aromatic rings. The third-order valence-corrected chi connectivity index (χ3v) is 3.87. The summed E-state index contributed by atoms with van der Waals surface area (Å²) >= 11 is 0. The average Bonchev–Trinajstić information content (AvgIpc) is 2.63. The van der Waals surface area contributed by atoms with E-state index in [0.717, 1.165) is 11.1 Å². The molecule has 0 radical (unpaired) electrons. The van der Waals surface area contributed by atoms with Crippen molar-refractivity contribution in [2.75, 3.05) is 6.61 Å². The molecule has 0 saturated heterocycles. The van der Waals surface area contributed by atoms with E-state index in [9.17, 15) is 15.2 Å². The second kappa shape index (κ2) is 7.02. The maximum atomic E-state index is 11.9. The van der Waals surface area contributed by atoms with E-state index in [0.29, 0.717) is 17.2 Å². The Morgan fingerprint density at radius 1 is 1.16 bits per heavy atom. The van der Waals surface area contributed by atoms with Crippen molar-refractivity contribution >= 4 is 16.7 Å². The number of aromatic hydroxyl groups is 1. The van der Waals surface area contributed by atoms with E-state index in [1.54, 1.807) is 13.0 Å². The SMILES string of the molecule is CCOC(=O)c1nc(C#N)c2cc(Cc3ccccc3)ccc2c1O. The van der Waals surface area contributed by atoms with E-state index in [1.807, 2.05) is 48.5 Å². The Morgan fingerprint density at radius 3 is 2.60 bits per heavy atom. The fourth-order valence-corrected chi connectivity index (χ4v) is 2.71. The van der Waals surface area contributed by atoms with Gasteiger partial charge in [-0.3, -0.25) is 0 Å². The maximum Gasteiger partial charge on any atom is 0.360 e. The van der Waals surface area contributed by atoms with Crippen LogP contribution in [0, 0.1) is 11.3 Å². The van der Waals surface area contributed by atoms with Crippen molar-refractivity contribution in [3.05, 3.63) is 71.0 Å². The normalized spacial score (nSPS) is 10.4. The number of ether oxygens (including phenoxy) is 1. The van der Waals surface area contributed by atoms with Crippen LogP contribution in [0.3, 0.4) is 0 Å². The number of esters is 1. The largest absolute Gasteiger partial charge is 0.505 e. The zero-order chi connectivity index (χ0) is 17.8. The number of carbonyl (C=O) groups is 1. The molecule has 1 N–H and O–H groups in total. The maximum absolute atomic E-state index is 11.9. The smallest absolute Gasteiger partial charge is 0.360 e. The first-order valence-electron chi connectivity index (χ1n) is 7.90. The van der Waals surface area contributed by atoms with Gasteiger partial charge in [-0.2, -0.15) is 5.26 Å². The number of rotatable bonds is 4. The quantitative estimate of drug-likeness (QED) is 0.738. The monoisotopic (exact) mass is 332 g/mol. The van der Waals surface area contributed by atoms with E-state index in [4.69, 9.17) is 4.74 Å². The van der Waals surface area contributed by atoms with Crippen molar-refractivity contribution in [1.29, 1.82) is 5.26 Å². The van der Waals surface area contributed by atoms with Gasteiger partial charge in [0.1, 0.15) is 11.8 Å². The summed E-state index contributed by atoms with van der Waals surface area (Å²) in [6, 6.07) is 17.3. The highest BCUT2D eigenvalue weighted by molar-refractivity contribution is 6.01. The van der Waals surface area contributed by atoms with Crippen LogP contribution in [0.2, 0.25) is 0 Å². The van der Waals surface area contributed by atoms with Gasteiger partial charge in [0.15, 0.2) is 11.4 Å². The first-order valence-corrected chi connectivity index (χ1v) is 7.90. The van der Waals surface area contributed by atoms with Crippen LogP contribution in [0.1, 0.15) is 34.2 Å². The van der Waals surface area contributed by atoms with Gasteiger partial charge >= 0.3 is 5.97 Å². The van der Waals surface area contributed by atoms with Crippen molar-refractivity contribution in [3.8, 4) is 11.8 Å². The van der Waals surface area contributed by atoms with Crippen LogP contribution < -0.4 is 0 Å². The molecule has 25 heavy (non-hydrogen) atoms. The molecule has 0 fully saturated rings. The molecule has 0 spiro atoms. The summed E-state index contributed by atoms with van der Waals surface area (Å²) in [6.07, 6.45) is 0.696. The molecular formula is C20H16N2O3. The Kier molecular flexibility index (Phi) is 4.62. The summed E-state index contributed by atoms with van der Waals surface area (Å²) in [4.78, 5) is 15.9. The van der Waals surface area contributed by atoms with Crippen molar-refractivity contribution in [2.45, 2.75) is 13.3 Å². The third-order valence-electron chi connectivity index (χ3n) is 3.87. The number of benzene rings is 2. The standard InChI is InChI=1S/C20H16N2O3/c1-2-25-20(24)18-19(23)15-9-8-14(10-13-6-4-3-5-7-13)11-16(15)17(12-21)22-18/h3-9,11,23H,2,10H2,1H3. The van der Waals surface area contributed by atoms with Gasteiger partial charge in [-0.15, -0.1) is 0 Å². The summed E-state index contributed by atoms with van der Waals surface area (Å²) in [5.41, 5.74) is 1.98. The van der Waals surface area contributed by atoms with E-state index in [-0.39, 0.29) is 23.7 Å². The minimum absolute atomic E-state index is 0.0887. The van der Waals surface area contributed by atoms with E-state index < -0.39 is 5.97 Å². The minimum atomic E-state index is -0.744. The van der Waals surface area contributed by atoms with Crippen molar-refractivity contribution in [2.24, 2.45) is 0 Å². The molecule has 0 saturated carbocycles. The van der Waals surface area contributed by atoms with Gasteiger partial charge in [-0.05, 0) is 30.5 Å². The molecule has 3 rings (SSSR count). The second-order valence-electron chi connectivity index (χ2n) is 5.53. The Morgan fingerprint density at radius 2 is 1.92 bits per heavy atom. The zero-order valence-electron chi connectivity index (χ0n) is 13.7. The van der Waals surface area contributed by atoms with E-state index >= 15 is 0 Å². The van der Waals surface area contributed by atoms with Crippen LogP contribution in [-0.4, -0.2) is 22.7 Å². The summed E-state index contributed by atoms with van der Waals surface area (Å²) < 4.78 is 4.89. The topological polar surface area (TPSA) is 83.2 Å². The molecule has 124 valence electrons. The molecule has 5 heteroatoms. The lowest BCUT2D eigenvalue weighted by molar-refractivity contribution is 0.0516. The second-order valence-corrected chi connectivity index (χ2v) is 5.53. The molecule has 0 amide bonds. The Labute approximate surface area is 145 Å².